The van der Waals surface area contributed by atoms with E-state index in [-0.39, 0.29) is 11.8 Å². The van der Waals surface area contributed by atoms with E-state index in [1.807, 2.05) is 30.0 Å². The molecule has 1 saturated heterocycles. The number of hydrogen-bond acceptors (Lipinski definition) is 2. The average Bonchev–Trinajstić information content (AvgIpc) is 3.11. The molecule has 112 valence electrons. The Bertz CT molecular complexity index is 558. The topological polar surface area (TPSA) is 49.4 Å². The molecule has 0 aromatic heterocycles. The van der Waals surface area contributed by atoms with Crippen LogP contribution in [0, 0.1) is 12.3 Å². The van der Waals surface area contributed by atoms with Gasteiger partial charge in [-0.2, -0.15) is 0 Å². The van der Waals surface area contributed by atoms with Gasteiger partial charge in [-0.1, -0.05) is 29.8 Å². The molecule has 0 atom stereocenters. The van der Waals surface area contributed by atoms with Gasteiger partial charge in [-0.05, 0) is 38.2 Å². The summed E-state index contributed by atoms with van der Waals surface area (Å²) >= 11 is 0. The number of benzene rings is 1. The van der Waals surface area contributed by atoms with Crippen molar-refractivity contribution in [3.63, 3.8) is 0 Å². The molecule has 2 aliphatic rings. The minimum absolute atomic E-state index is 0.0433. The van der Waals surface area contributed by atoms with E-state index in [0.717, 1.165) is 31.5 Å². The van der Waals surface area contributed by atoms with E-state index in [2.05, 4.69) is 11.4 Å². The van der Waals surface area contributed by atoms with Crippen molar-refractivity contribution in [3.05, 3.63) is 35.4 Å². The predicted octanol–water partition coefficient (Wildman–Crippen LogP) is 2.01. The van der Waals surface area contributed by atoms with Crippen molar-refractivity contribution in [1.29, 1.82) is 0 Å². The number of aryl methyl sites for hydroxylation is 1. The zero-order chi connectivity index (χ0) is 14.9. The highest BCUT2D eigenvalue weighted by Crippen LogP contribution is 2.48. The first-order valence-corrected chi connectivity index (χ1v) is 7.75. The smallest absolute Gasteiger partial charge is 0.238 e. The van der Waals surface area contributed by atoms with Crippen molar-refractivity contribution in [2.75, 3.05) is 13.1 Å². The molecule has 1 aromatic carbocycles. The van der Waals surface area contributed by atoms with Gasteiger partial charge in [-0.15, -0.1) is 0 Å². The Labute approximate surface area is 125 Å². The van der Waals surface area contributed by atoms with Crippen LogP contribution in [0.15, 0.2) is 24.3 Å². The summed E-state index contributed by atoms with van der Waals surface area (Å²) < 4.78 is 0. The molecule has 0 radical (unpaired) electrons. The molecule has 1 N–H and O–H groups in total. The van der Waals surface area contributed by atoms with Crippen molar-refractivity contribution in [1.82, 2.24) is 10.2 Å². The van der Waals surface area contributed by atoms with Crippen LogP contribution in [0.5, 0.6) is 0 Å². The monoisotopic (exact) mass is 286 g/mol. The largest absolute Gasteiger partial charge is 0.351 e. The Morgan fingerprint density at radius 1 is 1.24 bits per heavy atom. The molecule has 1 aliphatic heterocycles. The van der Waals surface area contributed by atoms with Crippen molar-refractivity contribution in [2.45, 2.75) is 39.2 Å². The maximum absolute atomic E-state index is 12.5. The molecule has 0 spiro atoms. The van der Waals surface area contributed by atoms with Gasteiger partial charge in [0.05, 0.1) is 0 Å². The van der Waals surface area contributed by atoms with Crippen LogP contribution in [0.2, 0.25) is 0 Å². The van der Waals surface area contributed by atoms with E-state index in [0.29, 0.717) is 19.4 Å². The Balaban J connectivity index is 1.61. The van der Waals surface area contributed by atoms with Crippen molar-refractivity contribution >= 4 is 11.8 Å². The number of amides is 2. The molecule has 0 bridgehead atoms. The highest BCUT2D eigenvalue weighted by molar-refractivity contribution is 6.07. The highest BCUT2D eigenvalue weighted by atomic mass is 16.2. The molecule has 3 rings (SSSR count). The lowest BCUT2D eigenvalue weighted by Gasteiger charge is -2.22. The van der Waals surface area contributed by atoms with Gasteiger partial charge in [0, 0.05) is 19.6 Å². The summed E-state index contributed by atoms with van der Waals surface area (Å²) in [5, 5.41) is 2.95. The molecule has 1 saturated carbocycles. The fourth-order valence-corrected chi connectivity index (χ4v) is 3.06. The highest BCUT2D eigenvalue weighted by Gasteiger charge is 2.58. The second-order valence-corrected chi connectivity index (χ2v) is 6.25. The molecule has 4 nitrogen and oxygen atoms in total. The van der Waals surface area contributed by atoms with Crippen molar-refractivity contribution in [3.8, 4) is 0 Å². The maximum atomic E-state index is 12.5. The minimum atomic E-state index is -0.756. The first-order chi connectivity index (χ1) is 10.1. The number of rotatable bonds is 4. The lowest BCUT2D eigenvalue weighted by Crippen LogP contribution is -2.44. The van der Waals surface area contributed by atoms with Crippen LogP contribution < -0.4 is 5.32 Å². The molecule has 1 aromatic rings. The van der Waals surface area contributed by atoms with Gasteiger partial charge < -0.3 is 10.2 Å². The van der Waals surface area contributed by atoms with E-state index in [9.17, 15) is 9.59 Å². The van der Waals surface area contributed by atoms with Gasteiger partial charge in [0.2, 0.25) is 11.8 Å². The first-order valence-electron chi connectivity index (χ1n) is 7.75. The van der Waals surface area contributed by atoms with Crippen LogP contribution in [0.3, 0.4) is 0 Å². The molecular weight excluding hydrogens is 264 g/mol. The van der Waals surface area contributed by atoms with E-state index in [1.165, 1.54) is 5.56 Å². The number of hydrogen-bond donors (Lipinski definition) is 1. The number of carbonyl (C=O) groups is 2. The second-order valence-electron chi connectivity index (χ2n) is 6.25. The van der Waals surface area contributed by atoms with Crippen LogP contribution in [0.1, 0.15) is 36.8 Å². The van der Waals surface area contributed by atoms with Gasteiger partial charge in [0.25, 0.3) is 0 Å². The Kier molecular flexibility index (Phi) is 3.70. The summed E-state index contributed by atoms with van der Waals surface area (Å²) in [6, 6.07) is 8.07. The second kappa shape index (κ2) is 5.51. The Hall–Kier alpha value is -1.84. The Morgan fingerprint density at radius 3 is 2.57 bits per heavy atom. The minimum Gasteiger partial charge on any atom is -0.351 e. The molecule has 0 unspecified atom stereocenters. The quantitative estimate of drug-likeness (QED) is 0.861. The normalized spacial score (nSPS) is 19.4. The zero-order valence-corrected chi connectivity index (χ0v) is 12.5. The number of nitrogens with one attached hydrogen (secondary N) is 1. The van der Waals surface area contributed by atoms with Crippen molar-refractivity contribution < 1.29 is 9.59 Å². The Morgan fingerprint density at radius 2 is 1.95 bits per heavy atom. The SMILES string of the molecule is Cc1cccc(CNC(=O)C2(C(=O)N3CCCC3)CC2)c1. The first kappa shape index (κ1) is 14.1. The third-order valence-electron chi connectivity index (χ3n) is 4.52. The molecule has 1 aliphatic carbocycles. The van der Waals surface area contributed by atoms with Crippen LogP contribution >= 0.6 is 0 Å². The zero-order valence-electron chi connectivity index (χ0n) is 12.5. The van der Waals surface area contributed by atoms with Gasteiger partial charge in [-0.3, -0.25) is 9.59 Å². The number of nitrogens with zero attached hydrogens (tertiary/aromatic N) is 1. The van der Waals surface area contributed by atoms with Gasteiger partial charge in [-0.25, -0.2) is 0 Å². The number of likely N-dealkylation sites (tertiary alicyclic amines) is 1. The van der Waals surface area contributed by atoms with Gasteiger partial charge >= 0.3 is 0 Å². The molecule has 1 heterocycles. The van der Waals surface area contributed by atoms with E-state index < -0.39 is 5.41 Å². The van der Waals surface area contributed by atoms with Gasteiger partial charge in [0.1, 0.15) is 5.41 Å². The van der Waals surface area contributed by atoms with Crippen LogP contribution in [-0.2, 0) is 16.1 Å². The van der Waals surface area contributed by atoms with Crippen LogP contribution in [-0.4, -0.2) is 29.8 Å². The standard InChI is InChI=1S/C17H22N2O2/c1-13-5-4-6-14(11-13)12-18-15(20)17(7-8-17)16(21)19-9-2-3-10-19/h4-6,11H,2-3,7-10,12H2,1H3,(H,18,20). The lowest BCUT2D eigenvalue weighted by molar-refractivity contribution is -0.143. The third-order valence-corrected chi connectivity index (χ3v) is 4.52. The summed E-state index contributed by atoms with van der Waals surface area (Å²) in [5.41, 5.74) is 1.50. The summed E-state index contributed by atoms with van der Waals surface area (Å²) in [5.74, 6) is -0.0531. The van der Waals surface area contributed by atoms with Gasteiger partial charge in [0.15, 0.2) is 0 Å². The predicted molar refractivity (Wildman–Crippen MR) is 80.5 cm³/mol. The molecule has 2 amide bonds. The lowest BCUT2D eigenvalue weighted by atomic mass is 10.0. The summed E-state index contributed by atoms with van der Waals surface area (Å²) in [6.07, 6.45) is 3.52. The van der Waals surface area contributed by atoms with Crippen LogP contribution in [0.25, 0.3) is 0 Å². The fourth-order valence-electron chi connectivity index (χ4n) is 3.06. The average molecular weight is 286 g/mol. The molecule has 21 heavy (non-hydrogen) atoms. The summed E-state index contributed by atoms with van der Waals surface area (Å²) in [4.78, 5) is 26.8. The fraction of sp³-hybridized carbons (Fsp3) is 0.529. The summed E-state index contributed by atoms with van der Waals surface area (Å²) in [7, 11) is 0. The van der Waals surface area contributed by atoms with Crippen LogP contribution in [0.4, 0.5) is 0 Å². The van der Waals surface area contributed by atoms with Crippen molar-refractivity contribution in [2.24, 2.45) is 5.41 Å². The van der Waals surface area contributed by atoms with E-state index in [1.54, 1.807) is 0 Å². The number of carbonyl (C=O) groups excluding carboxylic acids is 2. The third kappa shape index (κ3) is 2.80. The molecule has 2 fully saturated rings. The van der Waals surface area contributed by atoms with E-state index >= 15 is 0 Å². The van der Waals surface area contributed by atoms with E-state index in [4.69, 9.17) is 0 Å². The molecular formula is C17H22N2O2. The summed E-state index contributed by atoms with van der Waals surface area (Å²) in [6.45, 7) is 4.15. The maximum Gasteiger partial charge on any atom is 0.238 e. The molecule has 4 heteroatoms.